The summed E-state index contributed by atoms with van der Waals surface area (Å²) in [6, 6.07) is 120. The van der Waals surface area contributed by atoms with E-state index in [1.54, 1.807) is 0 Å². The molecule has 0 spiro atoms. The van der Waals surface area contributed by atoms with Crippen LogP contribution in [0.3, 0.4) is 0 Å². The first-order chi connectivity index (χ1) is 42.7. The molecule has 0 aromatic heterocycles. The molecule has 0 atom stereocenters. The van der Waals surface area contributed by atoms with E-state index < -0.39 is 10.8 Å². The number of fused-ring (bicyclic) bond motifs is 8. The van der Waals surface area contributed by atoms with Crippen LogP contribution in [-0.4, -0.2) is 0 Å². The van der Waals surface area contributed by atoms with Gasteiger partial charge in [0.15, 0.2) is 0 Å². The second-order valence-electron chi connectivity index (χ2n) is 22.8. The minimum Gasteiger partial charge on any atom is -0.457 e. The lowest BCUT2D eigenvalue weighted by Gasteiger charge is -2.43. The van der Waals surface area contributed by atoms with E-state index in [4.69, 9.17) is 9.47 Å². The van der Waals surface area contributed by atoms with Gasteiger partial charge in [-0.3, -0.25) is 0 Å². The summed E-state index contributed by atoms with van der Waals surface area (Å²) in [6.07, 6.45) is 0. The summed E-state index contributed by atoms with van der Waals surface area (Å²) in [5.74, 6) is 3.35. The number of rotatable bonds is 8. The number of hydrogen-bond donors (Lipinski definition) is 0. The summed E-state index contributed by atoms with van der Waals surface area (Å²) >= 11 is 0. The van der Waals surface area contributed by atoms with E-state index in [2.05, 4.69) is 328 Å². The maximum absolute atomic E-state index is 7.19. The summed E-state index contributed by atoms with van der Waals surface area (Å²) in [4.78, 5) is 0. The summed E-state index contributed by atoms with van der Waals surface area (Å²) in [7, 11) is 0. The molecule has 2 aliphatic heterocycles. The molecular weight excluding hydrogens is 1040 g/mol. The highest BCUT2D eigenvalue weighted by atomic mass is 16.5. The average Bonchev–Trinajstić information content (AvgIpc) is 0.821. The molecule has 0 saturated heterocycles. The molecule has 2 heterocycles. The fourth-order valence-corrected chi connectivity index (χ4v) is 15.2. The Balaban J connectivity index is 1.05. The highest BCUT2D eigenvalue weighted by molar-refractivity contribution is 6.29. The first-order valence-electron chi connectivity index (χ1n) is 29.7. The van der Waals surface area contributed by atoms with Crippen molar-refractivity contribution in [1.29, 1.82) is 0 Å². The third kappa shape index (κ3) is 7.20. The molecule has 0 bridgehead atoms. The van der Waals surface area contributed by atoms with E-state index in [-0.39, 0.29) is 0 Å². The van der Waals surface area contributed by atoms with Crippen molar-refractivity contribution >= 4 is 43.1 Å². The van der Waals surface area contributed by atoms with Gasteiger partial charge < -0.3 is 9.47 Å². The van der Waals surface area contributed by atoms with E-state index in [1.807, 2.05) is 0 Å². The van der Waals surface area contributed by atoms with Crippen molar-refractivity contribution < 1.29 is 9.47 Å². The fourth-order valence-electron chi connectivity index (χ4n) is 15.2. The van der Waals surface area contributed by atoms with Gasteiger partial charge in [-0.1, -0.05) is 297 Å². The normalized spacial score (nSPS) is 13.5. The lowest BCUT2D eigenvalue weighted by atomic mass is 9.62. The van der Waals surface area contributed by atoms with E-state index >= 15 is 0 Å². The van der Waals surface area contributed by atoms with Crippen molar-refractivity contribution in [2.24, 2.45) is 0 Å². The van der Waals surface area contributed by atoms with Crippen molar-refractivity contribution in [3.8, 4) is 67.5 Å². The highest BCUT2D eigenvalue weighted by Gasteiger charge is 2.49. The Labute approximate surface area is 500 Å². The Morgan fingerprint density at radius 1 is 0.198 bits per heavy atom. The first kappa shape index (κ1) is 49.5. The minimum atomic E-state index is -0.770. The van der Waals surface area contributed by atoms with Crippen LogP contribution in [-0.2, 0) is 10.8 Å². The topological polar surface area (TPSA) is 18.5 Å². The molecule has 2 heteroatoms. The van der Waals surface area contributed by atoms with E-state index in [0.717, 1.165) is 89.1 Å². The Bertz CT molecular complexity index is 4770. The van der Waals surface area contributed by atoms with E-state index in [9.17, 15) is 0 Å². The SMILES string of the molecule is c1ccc(-c2c3ccccc3c(-c3c4cccc(-c5cccc6c5C(c5ccccc5)(c5ccccc5)c5ccccc5O6)c4cc4c(-c5cccc6c5C(c5ccccc5)(c5ccccc5)c5ccccc5O6)cccc34)c3ccccc23)cc1. The molecule has 0 amide bonds. The van der Waals surface area contributed by atoms with Gasteiger partial charge in [0.1, 0.15) is 23.0 Å². The zero-order valence-corrected chi connectivity index (χ0v) is 47.0. The minimum absolute atomic E-state index is 0.770. The van der Waals surface area contributed by atoms with Crippen LogP contribution in [0, 0.1) is 0 Å². The lowest BCUT2D eigenvalue weighted by Crippen LogP contribution is -2.34. The standard InChI is InChI=1S/C84H54O2/c1-6-28-55(29-7-1)78-62-38-16-18-40-64(62)79(65-41-19-17-39-63(65)78)80-66-44-24-42-60(68-46-26-52-76-81(68)83(56-30-8-2-9-31-56,57-32-10-3-11-33-57)72-48-20-22-50-74(72)85-76)70(66)54-71-61(43-25-45-67(71)80)69-47-27-53-77-82(69)84(58-34-12-4-13-35-58,59-36-14-5-15-37-59)73-49-21-23-51-75(73)86-77/h1-54H. The molecule has 15 aromatic carbocycles. The third-order valence-corrected chi connectivity index (χ3v) is 18.5. The van der Waals surface area contributed by atoms with Gasteiger partial charge in [0, 0.05) is 22.3 Å². The Hall–Kier alpha value is -11.1. The molecule has 0 unspecified atom stereocenters. The van der Waals surface area contributed by atoms with Crippen LogP contribution in [0.25, 0.3) is 87.6 Å². The predicted molar refractivity (Wildman–Crippen MR) is 355 cm³/mol. The Kier molecular flexibility index (Phi) is 11.4. The highest BCUT2D eigenvalue weighted by Crippen LogP contribution is 2.61. The van der Waals surface area contributed by atoms with Gasteiger partial charge in [0.25, 0.3) is 0 Å². The number of para-hydroxylation sites is 2. The molecule has 2 nitrogen and oxygen atoms in total. The zero-order valence-electron chi connectivity index (χ0n) is 47.0. The molecule has 2 aliphatic rings. The third-order valence-electron chi connectivity index (χ3n) is 18.5. The van der Waals surface area contributed by atoms with Crippen LogP contribution in [0.1, 0.15) is 44.5 Å². The number of ether oxygens (including phenoxy) is 2. The quantitative estimate of drug-likeness (QED) is 0.141. The number of hydrogen-bond acceptors (Lipinski definition) is 2. The summed E-state index contributed by atoms with van der Waals surface area (Å²) < 4.78 is 14.4. The van der Waals surface area contributed by atoms with Gasteiger partial charge in [0.05, 0.1) is 10.8 Å². The first-order valence-corrected chi connectivity index (χ1v) is 29.7. The van der Waals surface area contributed by atoms with Gasteiger partial charge >= 0.3 is 0 Å². The Morgan fingerprint density at radius 2 is 0.477 bits per heavy atom. The van der Waals surface area contributed by atoms with Gasteiger partial charge in [-0.25, -0.2) is 0 Å². The van der Waals surface area contributed by atoms with Gasteiger partial charge in [0.2, 0.25) is 0 Å². The maximum atomic E-state index is 7.19. The summed E-state index contributed by atoms with van der Waals surface area (Å²) in [5.41, 5.74) is 16.7. The van der Waals surface area contributed by atoms with Gasteiger partial charge in [-0.2, -0.15) is 0 Å². The lowest BCUT2D eigenvalue weighted by molar-refractivity contribution is 0.435. The van der Waals surface area contributed by atoms with Crippen molar-refractivity contribution in [2.75, 3.05) is 0 Å². The van der Waals surface area contributed by atoms with Crippen LogP contribution < -0.4 is 9.47 Å². The van der Waals surface area contributed by atoms with Crippen molar-refractivity contribution in [3.05, 3.63) is 372 Å². The molecule has 402 valence electrons. The molecule has 86 heavy (non-hydrogen) atoms. The largest absolute Gasteiger partial charge is 0.457 e. The monoisotopic (exact) mass is 1090 g/mol. The molecule has 0 aliphatic carbocycles. The fraction of sp³-hybridized carbons (Fsp3) is 0.0238. The Morgan fingerprint density at radius 3 is 0.872 bits per heavy atom. The summed E-state index contributed by atoms with van der Waals surface area (Å²) in [6.45, 7) is 0. The van der Waals surface area contributed by atoms with Gasteiger partial charge in [-0.05, 0) is 140 Å². The van der Waals surface area contributed by atoms with Crippen molar-refractivity contribution in [3.63, 3.8) is 0 Å². The summed E-state index contributed by atoms with van der Waals surface area (Å²) in [5, 5.41) is 9.38. The maximum Gasteiger partial charge on any atom is 0.132 e. The van der Waals surface area contributed by atoms with Crippen LogP contribution >= 0.6 is 0 Å². The predicted octanol–water partition coefficient (Wildman–Crippen LogP) is 21.9. The average molecular weight is 1100 g/mol. The van der Waals surface area contributed by atoms with Crippen molar-refractivity contribution in [1.82, 2.24) is 0 Å². The molecule has 0 radical (unpaired) electrons. The number of benzene rings is 15. The van der Waals surface area contributed by atoms with Crippen molar-refractivity contribution in [2.45, 2.75) is 10.8 Å². The van der Waals surface area contributed by atoms with Crippen LogP contribution in [0.5, 0.6) is 23.0 Å². The van der Waals surface area contributed by atoms with Crippen LogP contribution in [0.2, 0.25) is 0 Å². The molecule has 15 aromatic rings. The second kappa shape index (κ2) is 19.8. The smallest absolute Gasteiger partial charge is 0.132 e. The zero-order chi connectivity index (χ0) is 56.8. The van der Waals surface area contributed by atoms with E-state index in [1.165, 1.54) is 66.1 Å². The van der Waals surface area contributed by atoms with Gasteiger partial charge in [-0.15, -0.1) is 0 Å². The van der Waals surface area contributed by atoms with E-state index in [0.29, 0.717) is 0 Å². The molecule has 0 fully saturated rings. The molecule has 17 rings (SSSR count). The van der Waals surface area contributed by atoms with Crippen LogP contribution in [0.15, 0.2) is 328 Å². The second-order valence-corrected chi connectivity index (χ2v) is 22.8. The molecular formula is C84H54O2. The molecule has 0 N–H and O–H groups in total. The van der Waals surface area contributed by atoms with Crippen LogP contribution in [0.4, 0.5) is 0 Å². The molecule has 0 saturated carbocycles.